The SMILES string of the molecule is C=CN/C=N\CC(=O)Nc1cccnc1. The molecule has 0 unspecified atom stereocenters. The van der Waals surface area contributed by atoms with E-state index in [9.17, 15) is 4.79 Å². The molecule has 5 heteroatoms. The molecule has 0 saturated carbocycles. The minimum absolute atomic E-state index is 0.0652. The first-order valence-corrected chi connectivity index (χ1v) is 4.38. The number of hydrogen-bond donors (Lipinski definition) is 2. The molecule has 5 nitrogen and oxygen atoms in total. The molecule has 0 radical (unpaired) electrons. The third kappa shape index (κ3) is 4.56. The van der Waals surface area contributed by atoms with Gasteiger partial charge in [-0.1, -0.05) is 6.58 Å². The molecule has 1 rings (SSSR count). The molecule has 0 fully saturated rings. The lowest BCUT2D eigenvalue weighted by Crippen LogP contribution is -2.15. The summed E-state index contributed by atoms with van der Waals surface area (Å²) in [6, 6.07) is 3.51. The van der Waals surface area contributed by atoms with Crippen LogP contribution in [-0.2, 0) is 4.79 Å². The van der Waals surface area contributed by atoms with Crippen LogP contribution in [0.15, 0.2) is 42.3 Å². The highest BCUT2D eigenvalue weighted by Crippen LogP contribution is 2.01. The number of carbonyl (C=O) groups is 1. The summed E-state index contributed by atoms with van der Waals surface area (Å²) >= 11 is 0. The number of hydrogen-bond acceptors (Lipinski definition) is 3. The Morgan fingerprint density at radius 3 is 3.20 bits per heavy atom. The molecule has 2 N–H and O–H groups in total. The number of aliphatic imine (C=N–C) groups is 1. The van der Waals surface area contributed by atoms with E-state index in [1.54, 1.807) is 24.5 Å². The van der Waals surface area contributed by atoms with Gasteiger partial charge in [-0.3, -0.25) is 14.8 Å². The Labute approximate surface area is 87.9 Å². The van der Waals surface area contributed by atoms with Gasteiger partial charge in [0, 0.05) is 6.20 Å². The number of anilines is 1. The van der Waals surface area contributed by atoms with Crippen LogP contribution in [-0.4, -0.2) is 23.8 Å². The Hall–Kier alpha value is -2.17. The molecular weight excluding hydrogens is 192 g/mol. The van der Waals surface area contributed by atoms with Gasteiger partial charge in [0.15, 0.2) is 0 Å². The van der Waals surface area contributed by atoms with Gasteiger partial charge in [-0.2, -0.15) is 0 Å². The Morgan fingerprint density at radius 1 is 1.67 bits per heavy atom. The lowest BCUT2D eigenvalue weighted by molar-refractivity contribution is -0.114. The van der Waals surface area contributed by atoms with Crippen molar-refractivity contribution >= 4 is 17.9 Å². The second-order valence-corrected chi connectivity index (χ2v) is 2.63. The number of nitrogens with zero attached hydrogens (tertiary/aromatic N) is 2. The average Bonchev–Trinajstić information content (AvgIpc) is 2.26. The van der Waals surface area contributed by atoms with Crippen molar-refractivity contribution in [2.75, 3.05) is 11.9 Å². The first-order chi connectivity index (χ1) is 7.33. The van der Waals surface area contributed by atoms with Gasteiger partial charge in [0.05, 0.1) is 18.2 Å². The fourth-order valence-electron chi connectivity index (χ4n) is 0.871. The summed E-state index contributed by atoms with van der Waals surface area (Å²) < 4.78 is 0. The van der Waals surface area contributed by atoms with E-state index in [1.165, 1.54) is 12.5 Å². The molecular formula is C10H12N4O. The third-order valence-electron chi connectivity index (χ3n) is 1.46. The van der Waals surface area contributed by atoms with Crippen LogP contribution in [0.1, 0.15) is 0 Å². The zero-order chi connectivity index (χ0) is 10.9. The minimum atomic E-state index is -0.190. The second-order valence-electron chi connectivity index (χ2n) is 2.63. The van der Waals surface area contributed by atoms with Gasteiger partial charge >= 0.3 is 0 Å². The van der Waals surface area contributed by atoms with Crippen LogP contribution >= 0.6 is 0 Å². The van der Waals surface area contributed by atoms with Crippen LogP contribution in [0.2, 0.25) is 0 Å². The van der Waals surface area contributed by atoms with E-state index in [4.69, 9.17) is 0 Å². The summed E-state index contributed by atoms with van der Waals surface area (Å²) in [6.45, 7) is 3.50. The Morgan fingerprint density at radius 2 is 2.53 bits per heavy atom. The van der Waals surface area contributed by atoms with E-state index in [-0.39, 0.29) is 12.5 Å². The van der Waals surface area contributed by atoms with E-state index in [0.717, 1.165) is 0 Å². The van der Waals surface area contributed by atoms with Gasteiger partial charge in [0.1, 0.15) is 6.54 Å². The molecule has 1 aromatic rings. The number of nitrogens with one attached hydrogen (secondary N) is 2. The highest BCUT2D eigenvalue weighted by molar-refractivity contribution is 5.92. The zero-order valence-electron chi connectivity index (χ0n) is 8.18. The summed E-state index contributed by atoms with van der Waals surface area (Å²) in [5.74, 6) is -0.190. The van der Waals surface area contributed by atoms with Gasteiger partial charge in [-0.15, -0.1) is 0 Å². The molecule has 0 aliphatic rings. The summed E-state index contributed by atoms with van der Waals surface area (Å²) in [5, 5.41) is 5.30. The molecule has 0 saturated heterocycles. The first-order valence-electron chi connectivity index (χ1n) is 4.38. The number of carbonyl (C=O) groups excluding carboxylic acids is 1. The van der Waals surface area contributed by atoms with Gasteiger partial charge in [0.2, 0.25) is 5.91 Å². The highest BCUT2D eigenvalue weighted by atomic mass is 16.1. The largest absolute Gasteiger partial charge is 0.354 e. The van der Waals surface area contributed by atoms with Crippen molar-refractivity contribution in [3.05, 3.63) is 37.3 Å². The van der Waals surface area contributed by atoms with Crippen LogP contribution in [0.4, 0.5) is 5.69 Å². The summed E-state index contributed by atoms with van der Waals surface area (Å²) in [5.41, 5.74) is 0.661. The molecule has 0 bridgehead atoms. The Balaban J connectivity index is 2.33. The number of amides is 1. The molecule has 15 heavy (non-hydrogen) atoms. The maximum absolute atomic E-state index is 11.3. The molecule has 78 valence electrons. The highest BCUT2D eigenvalue weighted by Gasteiger charge is 1.98. The van der Waals surface area contributed by atoms with Crippen molar-refractivity contribution in [1.82, 2.24) is 10.3 Å². The fraction of sp³-hybridized carbons (Fsp3) is 0.100. The number of rotatable bonds is 5. The fourth-order valence-corrected chi connectivity index (χ4v) is 0.871. The van der Waals surface area contributed by atoms with Gasteiger partial charge in [-0.05, 0) is 18.3 Å². The molecule has 0 aromatic carbocycles. The standard InChI is InChI=1S/C10H12N4O/c1-2-11-8-13-7-10(15)14-9-4-3-5-12-6-9/h2-6,8H,1,7H2,(H,11,13)(H,14,15). The minimum Gasteiger partial charge on any atom is -0.354 e. The summed E-state index contributed by atoms with van der Waals surface area (Å²) in [4.78, 5) is 19.0. The molecule has 1 aromatic heterocycles. The normalized spacial score (nSPS) is 9.87. The lowest BCUT2D eigenvalue weighted by Gasteiger charge is -2.01. The predicted molar refractivity (Wildman–Crippen MR) is 59.6 cm³/mol. The average molecular weight is 204 g/mol. The van der Waals surface area contributed by atoms with Gasteiger partial charge in [0.25, 0.3) is 0 Å². The quantitative estimate of drug-likeness (QED) is 0.550. The first kappa shape index (κ1) is 10.9. The van der Waals surface area contributed by atoms with Crippen LogP contribution in [0, 0.1) is 0 Å². The Kier molecular flexibility index (Phi) is 4.59. The number of pyridine rings is 1. The third-order valence-corrected chi connectivity index (χ3v) is 1.46. The van der Waals surface area contributed by atoms with Crippen molar-refractivity contribution in [2.45, 2.75) is 0 Å². The van der Waals surface area contributed by atoms with Gasteiger partial charge < -0.3 is 10.6 Å². The molecule has 0 spiro atoms. The van der Waals surface area contributed by atoms with E-state index in [2.05, 4.69) is 27.2 Å². The van der Waals surface area contributed by atoms with Crippen molar-refractivity contribution in [1.29, 1.82) is 0 Å². The monoisotopic (exact) mass is 204 g/mol. The van der Waals surface area contributed by atoms with Crippen LogP contribution in [0.5, 0.6) is 0 Å². The molecule has 1 amide bonds. The van der Waals surface area contributed by atoms with Crippen LogP contribution < -0.4 is 10.6 Å². The zero-order valence-corrected chi connectivity index (χ0v) is 8.18. The van der Waals surface area contributed by atoms with Crippen molar-refractivity contribution in [3.63, 3.8) is 0 Å². The second kappa shape index (κ2) is 6.31. The van der Waals surface area contributed by atoms with E-state index >= 15 is 0 Å². The molecule has 0 aliphatic carbocycles. The molecule has 1 heterocycles. The lowest BCUT2D eigenvalue weighted by atomic mass is 10.4. The van der Waals surface area contributed by atoms with Crippen molar-refractivity contribution < 1.29 is 4.79 Å². The summed E-state index contributed by atoms with van der Waals surface area (Å²) in [7, 11) is 0. The maximum Gasteiger partial charge on any atom is 0.246 e. The number of aromatic nitrogens is 1. The van der Waals surface area contributed by atoms with E-state index in [1.807, 2.05) is 0 Å². The summed E-state index contributed by atoms with van der Waals surface area (Å²) in [6.07, 6.45) is 6.10. The molecule has 0 aliphatic heterocycles. The smallest absolute Gasteiger partial charge is 0.246 e. The molecule has 0 atom stereocenters. The maximum atomic E-state index is 11.3. The van der Waals surface area contributed by atoms with Crippen LogP contribution in [0.3, 0.4) is 0 Å². The van der Waals surface area contributed by atoms with Crippen molar-refractivity contribution in [3.8, 4) is 0 Å². The Bertz CT molecular complexity index is 348. The van der Waals surface area contributed by atoms with Gasteiger partial charge in [-0.25, -0.2) is 0 Å². The van der Waals surface area contributed by atoms with E-state index < -0.39 is 0 Å². The van der Waals surface area contributed by atoms with Crippen LogP contribution in [0.25, 0.3) is 0 Å². The topological polar surface area (TPSA) is 66.4 Å². The van der Waals surface area contributed by atoms with E-state index in [0.29, 0.717) is 5.69 Å². The van der Waals surface area contributed by atoms with Crippen molar-refractivity contribution in [2.24, 2.45) is 4.99 Å². The predicted octanol–water partition coefficient (Wildman–Crippen LogP) is 0.781.